The first kappa shape index (κ1) is 14.5. The lowest BCUT2D eigenvalue weighted by molar-refractivity contribution is -0.125. The summed E-state index contributed by atoms with van der Waals surface area (Å²) in [7, 11) is 0. The molecule has 0 aromatic carbocycles. The molecular formula is C16H22N2O3. The van der Waals surface area contributed by atoms with Gasteiger partial charge in [-0.2, -0.15) is 0 Å². The molecule has 0 unspecified atom stereocenters. The summed E-state index contributed by atoms with van der Waals surface area (Å²) in [5, 5.41) is 20.2. The molecule has 0 atom stereocenters. The second kappa shape index (κ2) is 5.73. The zero-order valence-corrected chi connectivity index (χ0v) is 12.2. The van der Waals surface area contributed by atoms with Gasteiger partial charge in [0, 0.05) is 25.9 Å². The fraction of sp³-hybridized carbons (Fsp3) is 0.625. The van der Waals surface area contributed by atoms with E-state index in [1.165, 1.54) is 0 Å². The van der Waals surface area contributed by atoms with Gasteiger partial charge in [-0.15, -0.1) is 0 Å². The van der Waals surface area contributed by atoms with Crippen molar-refractivity contribution in [2.24, 2.45) is 0 Å². The van der Waals surface area contributed by atoms with Crippen LogP contribution in [0.1, 0.15) is 44.2 Å². The standard InChI is InChI=1S/C16H22N2O3/c19-13-3-7-16(21,8-4-13)15-2-1-12(11-17-15)18-9-5-14(20)6-10-18/h1-2,11,14,20-21H,3-10H2. The Kier molecular flexibility index (Phi) is 3.95. The van der Waals surface area contributed by atoms with E-state index in [9.17, 15) is 15.0 Å². The minimum absolute atomic E-state index is 0.186. The first-order valence-electron chi connectivity index (χ1n) is 7.70. The second-order valence-corrected chi connectivity index (χ2v) is 6.19. The van der Waals surface area contributed by atoms with E-state index in [1.54, 1.807) is 6.20 Å². The van der Waals surface area contributed by atoms with Crippen molar-refractivity contribution in [2.75, 3.05) is 18.0 Å². The number of aliphatic hydroxyl groups excluding tert-OH is 1. The van der Waals surface area contributed by atoms with E-state index in [0.717, 1.165) is 31.6 Å². The molecule has 2 fully saturated rings. The molecule has 2 aliphatic rings. The molecule has 0 amide bonds. The van der Waals surface area contributed by atoms with Crippen LogP contribution >= 0.6 is 0 Å². The monoisotopic (exact) mass is 290 g/mol. The van der Waals surface area contributed by atoms with Gasteiger partial charge in [0.05, 0.1) is 23.7 Å². The predicted molar refractivity (Wildman–Crippen MR) is 79.1 cm³/mol. The maximum absolute atomic E-state index is 11.3. The molecule has 1 aromatic rings. The Hall–Kier alpha value is -1.46. The molecule has 1 saturated carbocycles. The Balaban J connectivity index is 1.70. The van der Waals surface area contributed by atoms with Gasteiger partial charge in [-0.1, -0.05) is 0 Å². The summed E-state index contributed by atoms with van der Waals surface area (Å²) in [6.07, 6.45) is 4.98. The average Bonchev–Trinajstić information content (AvgIpc) is 2.51. The van der Waals surface area contributed by atoms with Crippen molar-refractivity contribution >= 4 is 11.5 Å². The summed E-state index contributed by atoms with van der Waals surface area (Å²) in [5.74, 6) is 0.225. The number of pyridine rings is 1. The molecule has 1 saturated heterocycles. The molecule has 5 heteroatoms. The van der Waals surface area contributed by atoms with Gasteiger partial charge in [0.15, 0.2) is 0 Å². The maximum atomic E-state index is 11.3. The highest BCUT2D eigenvalue weighted by Crippen LogP contribution is 2.35. The summed E-state index contributed by atoms with van der Waals surface area (Å²) >= 11 is 0. The minimum atomic E-state index is -0.954. The van der Waals surface area contributed by atoms with E-state index < -0.39 is 5.60 Å². The van der Waals surface area contributed by atoms with Crippen LogP contribution in [0.2, 0.25) is 0 Å². The molecule has 0 spiro atoms. The van der Waals surface area contributed by atoms with Crippen LogP contribution in [0.25, 0.3) is 0 Å². The third-order valence-electron chi connectivity index (χ3n) is 4.69. The summed E-state index contributed by atoms with van der Waals surface area (Å²) in [5.41, 5.74) is 0.738. The lowest BCUT2D eigenvalue weighted by Gasteiger charge is -2.33. The van der Waals surface area contributed by atoms with Crippen molar-refractivity contribution in [3.63, 3.8) is 0 Å². The number of nitrogens with zero attached hydrogens (tertiary/aromatic N) is 2. The van der Waals surface area contributed by atoms with Crippen LogP contribution in [-0.2, 0) is 10.4 Å². The van der Waals surface area contributed by atoms with Gasteiger partial charge in [0.25, 0.3) is 0 Å². The van der Waals surface area contributed by atoms with Gasteiger partial charge in [0.1, 0.15) is 11.4 Å². The Morgan fingerprint density at radius 3 is 2.43 bits per heavy atom. The van der Waals surface area contributed by atoms with Gasteiger partial charge in [-0.3, -0.25) is 9.78 Å². The van der Waals surface area contributed by atoms with Crippen LogP contribution in [0.15, 0.2) is 18.3 Å². The molecule has 0 bridgehead atoms. The highest BCUT2D eigenvalue weighted by Gasteiger charge is 2.35. The number of Topliss-reactive ketones (excluding diaryl/α,β-unsaturated/α-hetero) is 1. The Morgan fingerprint density at radius 2 is 1.86 bits per heavy atom. The number of aromatic nitrogens is 1. The molecule has 2 N–H and O–H groups in total. The van der Waals surface area contributed by atoms with Crippen LogP contribution in [-0.4, -0.2) is 40.2 Å². The molecule has 3 rings (SSSR count). The quantitative estimate of drug-likeness (QED) is 0.860. The van der Waals surface area contributed by atoms with Crippen LogP contribution in [0.4, 0.5) is 5.69 Å². The van der Waals surface area contributed by atoms with Crippen molar-refractivity contribution < 1.29 is 15.0 Å². The number of aliphatic hydroxyl groups is 2. The van der Waals surface area contributed by atoms with Crippen LogP contribution in [0.3, 0.4) is 0 Å². The number of piperidine rings is 1. The molecule has 0 radical (unpaired) electrons. The van der Waals surface area contributed by atoms with Crippen LogP contribution in [0, 0.1) is 0 Å². The SMILES string of the molecule is O=C1CCC(O)(c2ccc(N3CCC(O)CC3)cn2)CC1. The van der Waals surface area contributed by atoms with E-state index in [2.05, 4.69) is 9.88 Å². The molecular weight excluding hydrogens is 268 g/mol. The number of carbonyl (C=O) groups excluding carboxylic acids is 1. The molecule has 114 valence electrons. The van der Waals surface area contributed by atoms with Crippen molar-refractivity contribution in [1.29, 1.82) is 0 Å². The number of rotatable bonds is 2. The van der Waals surface area contributed by atoms with Gasteiger partial charge in [0.2, 0.25) is 0 Å². The molecule has 1 aliphatic carbocycles. The van der Waals surface area contributed by atoms with E-state index in [0.29, 0.717) is 31.4 Å². The summed E-state index contributed by atoms with van der Waals surface area (Å²) in [6, 6.07) is 3.85. The Morgan fingerprint density at radius 1 is 1.19 bits per heavy atom. The van der Waals surface area contributed by atoms with E-state index in [-0.39, 0.29) is 11.9 Å². The Labute approximate surface area is 124 Å². The van der Waals surface area contributed by atoms with Gasteiger partial charge < -0.3 is 15.1 Å². The van der Waals surface area contributed by atoms with E-state index in [1.807, 2.05) is 12.1 Å². The van der Waals surface area contributed by atoms with Crippen molar-refractivity contribution in [1.82, 2.24) is 4.98 Å². The summed E-state index contributed by atoms with van der Waals surface area (Å²) in [6.45, 7) is 1.67. The fourth-order valence-electron chi connectivity index (χ4n) is 3.17. The van der Waals surface area contributed by atoms with Crippen LogP contribution < -0.4 is 4.90 Å². The predicted octanol–water partition coefficient (Wildman–Crippen LogP) is 1.37. The highest BCUT2D eigenvalue weighted by molar-refractivity contribution is 5.79. The molecule has 1 aliphatic heterocycles. The molecule has 2 heterocycles. The zero-order valence-electron chi connectivity index (χ0n) is 12.2. The normalized spacial score (nSPS) is 23.3. The summed E-state index contributed by atoms with van der Waals surface area (Å²) in [4.78, 5) is 17.9. The highest BCUT2D eigenvalue weighted by atomic mass is 16.3. The van der Waals surface area contributed by atoms with Gasteiger partial charge >= 0.3 is 0 Å². The van der Waals surface area contributed by atoms with Crippen LogP contribution in [0.5, 0.6) is 0 Å². The Bertz CT molecular complexity index is 497. The number of ketones is 1. The number of carbonyl (C=O) groups is 1. The third-order valence-corrected chi connectivity index (χ3v) is 4.69. The van der Waals surface area contributed by atoms with Crippen molar-refractivity contribution in [3.8, 4) is 0 Å². The molecule has 1 aromatic heterocycles. The smallest absolute Gasteiger partial charge is 0.133 e. The molecule has 5 nitrogen and oxygen atoms in total. The second-order valence-electron chi connectivity index (χ2n) is 6.19. The first-order valence-corrected chi connectivity index (χ1v) is 7.70. The lowest BCUT2D eigenvalue weighted by atomic mass is 9.81. The third kappa shape index (κ3) is 3.09. The zero-order chi connectivity index (χ0) is 14.9. The number of hydrogen-bond acceptors (Lipinski definition) is 5. The van der Waals surface area contributed by atoms with Gasteiger partial charge in [-0.05, 0) is 37.8 Å². The number of hydrogen-bond donors (Lipinski definition) is 2. The van der Waals surface area contributed by atoms with Gasteiger partial charge in [-0.25, -0.2) is 0 Å². The minimum Gasteiger partial charge on any atom is -0.393 e. The summed E-state index contributed by atoms with van der Waals surface area (Å²) < 4.78 is 0. The fourth-order valence-corrected chi connectivity index (χ4v) is 3.17. The average molecular weight is 290 g/mol. The van der Waals surface area contributed by atoms with E-state index in [4.69, 9.17) is 0 Å². The lowest BCUT2D eigenvalue weighted by Crippen LogP contribution is -2.36. The largest absolute Gasteiger partial charge is 0.393 e. The van der Waals surface area contributed by atoms with Crippen molar-refractivity contribution in [3.05, 3.63) is 24.0 Å². The topological polar surface area (TPSA) is 73.7 Å². The van der Waals surface area contributed by atoms with Crippen molar-refractivity contribution in [2.45, 2.75) is 50.2 Å². The maximum Gasteiger partial charge on any atom is 0.133 e. The van der Waals surface area contributed by atoms with E-state index >= 15 is 0 Å². The number of anilines is 1. The first-order chi connectivity index (χ1) is 10.1. The molecule has 21 heavy (non-hydrogen) atoms.